The van der Waals surface area contributed by atoms with E-state index in [2.05, 4.69) is 31.6 Å². The van der Waals surface area contributed by atoms with E-state index < -0.39 is 5.91 Å². The molecule has 2 aromatic rings. The molecular formula is C10H8BrFN4OS. The number of hydrogen-bond donors (Lipinski definition) is 1. The molecule has 0 aliphatic carbocycles. The van der Waals surface area contributed by atoms with E-state index >= 15 is 0 Å². The maximum Gasteiger partial charge on any atom is 0.293 e. The fourth-order valence-electron chi connectivity index (χ4n) is 1.22. The fraction of sp³-hybridized carbons (Fsp3) is 0.100. The highest BCUT2D eigenvalue weighted by atomic mass is 79.9. The molecule has 0 aromatic carbocycles. The smallest absolute Gasteiger partial charge is 0.274 e. The largest absolute Gasteiger partial charge is 0.293 e. The summed E-state index contributed by atoms with van der Waals surface area (Å²) >= 11 is 4.16. The number of carbonyl (C=O) groups is 1. The monoisotopic (exact) mass is 330 g/mol. The van der Waals surface area contributed by atoms with Gasteiger partial charge in [0.05, 0.1) is 15.6 Å². The molecule has 2 heterocycles. The Morgan fingerprint density at radius 2 is 2.44 bits per heavy atom. The van der Waals surface area contributed by atoms with E-state index in [-0.39, 0.29) is 10.8 Å². The van der Waals surface area contributed by atoms with Crippen molar-refractivity contribution >= 4 is 39.4 Å². The van der Waals surface area contributed by atoms with Gasteiger partial charge in [-0.05, 0) is 28.1 Å². The van der Waals surface area contributed by atoms with E-state index in [9.17, 15) is 9.18 Å². The number of halogens is 2. The summed E-state index contributed by atoms with van der Waals surface area (Å²) in [4.78, 5) is 12.3. The number of thiophene rings is 1. The molecule has 18 heavy (non-hydrogen) atoms. The summed E-state index contributed by atoms with van der Waals surface area (Å²) in [5, 5.41) is 7.40. The van der Waals surface area contributed by atoms with E-state index in [0.717, 1.165) is 11.3 Å². The van der Waals surface area contributed by atoms with Gasteiger partial charge in [0.1, 0.15) is 0 Å². The summed E-state index contributed by atoms with van der Waals surface area (Å²) < 4.78 is 14.8. The average Bonchev–Trinajstić information content (AvgIpc) is 2.85. The van der Waals surface area contributed by atoms with E-state index in [1.807, 2.05) is 0 Å². The van der Waals surface area contributed by atoms with Crippen molar-refractivity contribution in [3.05, 3.63) is 38.5 Å². The summed E-state index contributed by atoms with van der Waals surface area (Å²) in [5.74, 6) is -0.434. The Bertz CT molecular complexity index is 607. The number of amides is 1. The summed E-state index contributed by atoms with van der Waals surface area (Å²) in [7, 11) is 1.71. The van der Waals surface area contributed by atoms with Gasteiger partial charge in [0.2, 0.25) is 0 Å². The second kappa shape index (κ2) is 5.40. The van der Waals surface area contributed by atoms with Crippen LogP contribution in [0, 0.1) is 5.13 Å². The van der Waals surface area contributed by atoms with Crippen LogP contribution in [0.3, 0.4) is 0 Å². The van der Waals surface area contributed by atoms with Crippen molar-refractivity contribution in [3.8, 4) is 0 Å². The third kappa shape index (κ3) is 3.02. The maximum absolute atomic E-state index is 12.7. The Kier molecular flexibility index (Phi) is 3.87. The van der Waals surface area contributed by atoms with Crippen LogP contribution >= 0.6 is 27.3 Å². The third-order valence-electron chi connectivity index (χ3n) is 1.95. The van der Waals surface area contributed by atoms with Gasteiger partial charge in [-0.1, -0.05) is 0 Å². The Labute approximate surface area is 114 Å². The highest BCUT2D eigenvalue weighted by molar-refractivity contribution is 9.10. The zero-order chi connectivity index (χ0) is 13.1. The number of rotatable bonds is 3. The van der Waals surface area contributed by atoms with Crippen LogP contribution in [0.25, 0.3) is 0 Å². The number of carbonyl (C=O) groups excluding carboxylic acids is 1. The van der Waals surface area contributed by atoms with E-state index in [0.29, 0.717) is 9.35 Å². The molecule has 0 aliphatic rings. The molecule has 94 valence electrons. The SMILES string of the molecule is Cn1cc(Br)c(C(=O)NN=Cc2ccc(F)s2)n1. The summed E-state index contributed by atoms with van der Waals surface area (Å²) in [6.07, 6.45) is 3.04. The van der Waals surface area contributed by atoms with Crippen LogP contribution < -0.4 is 5.43 Å². The lowest BCUT2D eigenvalue weighted by molar-refractivity contribution is 0.0948. The normalized spacial score (nSPS) is 11.1. The third-order valence-corrected chi connectivity index (χ3v) is 3.34. The van der Waals surface area contributed by atoms with Gasteiger partial charge in [0.25, 0.3) is 5.91 Å². The lowest BCUT2D eigenvalue weighted by atomic mass is 10.4. The lowest BCUT2D eigenvalue weighted by Gasteiger charge is -1.95. The summed E-state index contributed by atoms with van der Waals surface area (Å²) in [5.41, 5.74) is 2.56. The van der Waals surface area contributed by atoms with Crippen molar-refractivity contribution in [2.75, 3.05) is 0 Å². The summed E-state index contributed by atoms with van der Waals surface area (Å²) in [6.45, 7) is 0. The van der Waals surface area contributed by atoms with Crippen LogP contribution in [-0.2, 0) is 7.05 Å². The zero-order valence-corrected chi connectivity index (χ0v) is 11.6. The van der Waals surface area contributed by atoms with Crippen molar-refractivity contribution in [1.29, 1.82) is 0 Å². The first-order valence-corrected chi connectivity index (χ1v) is 6.45. The molecule has 0 saturated carbocycles. The number of aromatic nitrogens is 2. The predicted molar refractivity (Wildman–Crippen MR) is 70.2 cm³/mol. The average molecular weight is 331 g/mol. The van der Waals surface area contributed by atoms with Crippen molar-refractivity contribution in [1.82, 2.24) is 15.2 Å². The molecule has 2 aromatic heterocycles. The molecule has 0 fully saturated rings. The molecule has 0 aliphatic heterocycles. The van der Waals surface area contributed by atoms with Gasteiger partial charge in [-0.2, -0.15) is 14.6 Å². The van der Waals surface area contributed by atoms with Crippen LogP contribution in [0.4, 0.5) is 4.39 Å². The van der Waals surface area contributed by atoms with E-state index in [1.54, 1.807) is 19.3 Å². The van der Waals surface area contributed by atoms with Gasteiger partial charge in [-0.3, -0.25) is 9.48 Å². The molecule has 1 N–H and O–H groups in total. The second-order valence-electron chi connectivity index (χ2n) is 3.34. The number of hydrazone groups is 1. The molecule has 0 unspecified atom stereocenters. The van der Waals surface area contributed by atoms with Crippen LogP contribution in [0.15, 0.2) is 27.9 Å². The van der Waals surface area contributed by atoms with E-state index in [1.165, 1.54) is 17.0 Å². The van der Waals surface area contributed by atoms with Crippen molar-refractivity contribution in [3.63, 3.8) is 0 Å². The summed E-state index contributed by atoms with van der Waals surface area (Å²) in [6, 6.07) is 2.91. The molecular weight excluding hydrogens is 323 g/mol. The van der Waals surface area contributed by atoms with Crippen molar-refractivity contribution in [2.45, 2.75) is 0 Å². The van der Waals surface area contributed by atoms with Gasteiger partial charge < -0.3 is 0 Å². The Morgan fingerprint density at radius 1 is 1.67 bits per heavy atom. The van der Waals surface area contributed by atoms with Gasteiger partial charge in [0, 0.05) is 13.2 Å². The highest BCUT2D eigenvalue weighted by Crippen LogP contribution is 2.14. The minimum atomic E-state index is -0.434. The van der Waals surface area contributed by atoms with Crippen LogP contribution in [-0.4, -0.2) is 21.9 Å². The fourth-order valence-corrected chi connectivity index (χ4v) is 2.38. The highest BCUT2D eigenvalue weighted by Gasteiger charge is 2.13. The quantitative estimate of drug-likeness (QED) is 0.692. The first kappa shape index (κ1) is 12.9. The molecule has 0 atom stereocenters. The number of hydrogen-bond acceptors (Lipinski definition) is 4. The van der Waals surface area contributed by atoms with Crippen LogP contribution in [0.2, 0.25) is 0 Å². The Balaban J connectivity index is 2.00. The Hall–Kier alpha value is -1.54. The molecule has 0 bridgehead atoms. The minimum absolute atomic E-state index is 0.243. The van der Waals surface area contributed by atoms with Gasteiger partial charge in [-0.15, -0.1) is 11.3 Å². The van der Waals surface area contributed by atoms with Crippen LogP contribution in [0.5, 0.6) is 0 Å². The van der Waals surface area contributed by atoms with Gasteiger partial charge >= 0.3 is 0 Å². The predicted octanol–water partition coefficient (Wildman–Crippen LogP) is 2.15. The maximum atomic E-state index is 12.7. The topological polar surface area (TPSA) is 59.3 Å². The van der Waals surface area contributed by atoms with Gasteiger partial charge in [-0.25, -0.2) is 5.43 Å². The molecule has 0 radical (unpaired) electrons. The van der Waals surface area contributed by atoms with Crippen LogP contribution in [0.1, 0.15) is 15.4 Å². The standard InChI is InChI=1S/C10H8BrFN4OS/c1-16-5-7(11)9(15-16)10(17)14-13-4-6-2-3-8(12)18-6/h2-5H,1H3,(H,14,17). The molecule has 5 nitrogen and oxygen atoms in total. The zero-order valence-electron chi connectivity index (χ0n) is 9.22. The molecule has 0 saturated heterocycles. The number of aryl methyl sites for hydroxylation is 1. The first-order chi connectivity index (χ1) is 8.56. The van der Waals surface area contributed by atoms with Crippen molar-refractivity contribution < 1.29 is 9.18 Å². The molecule has 0 spiro atoms. The number of nitrogens with zero attached hydrogens (tertiary/aromatic N) is 3. The molecule has 1 amide bonds. The molecule has 8 heteroatoms. The van der Waals surface area contributed by atoms with Crippen molar-refractivity contribution in [2.24, 2.45) is 12.1 Å². The minimum Gasteiger partial charge on any atom is -0.274 e. The number of nitrogens with one attached hydrogen (secondary N) is 1. The Morgan fingerprint density at radius 3 is 3.00 bits per heavy atom. The lowest BCUT2D eigenvalue weighted by Crippen LogP contribution is -2.18. The molecule has 2 rings (SSSR count). The second-order valence-corrected chi connectivity index (χ2v) is 5.26. The van der Waals surface area contributed by atoms with E-state index in [4.69, 9.17) is 0 Å². The van der Waals surface area contributed by atoms with Gasteiger partial charge in [0.15, 0.2) is 10.8 Å². The first-order valence-electron chi connectivity index (χ1n) is 4.84.